The second-order valence-electron chi connectivity index (χ2n) is 2.96. The number of hydrogen-bond acceptors (Lipinski definition) is 0. The molecule has 0 bridgehead atoms. The van der Waals surface area contributed by atoms with Crippen molar-refractivity contribution in [3.05, 3.63) is 41.4 Å². The van der Waals surface area contributed by atoms with Crippen molar-refractivity contribution in [2.24, 2.45) is 0 Å². The summed E-state index contributed by atoms with van der Waals surface area (Å²) in [4.78, 5) is 0. The van der Waals surface area contributed by atoms with Crippen LogP contribution in [0.25, 0.3) is 10.8 Å². The largest absolute Gasteiger partial charge is 0.136 e. The van der Waals surface area contributed by atoms with Crippen LogP contribution in [0.2, 0.25) is 5.02 Å². The molecule has 0 nitrogen and oxygen atoms in total. The highest BCUT2D eigenvalue weighted by molar-refractivity contribution is 7.73. The molecule has 2 aromatic rings. The molecule has 0 radical (unpaired) electrons. The van der Waals surface area contributed by atoms with Crippen LogP contribution in [0.4, 0.5) is 0 Å². The summed E-state index contributed by atoms with van der Waals surface area (Å²) in [6, 6.07) is 12.5. The van der Waals surface area contributed by atoms with Gasteiger partial charge in [0.05, 0.1) is 0 Å². The zero-order valence-corrected chi connectivity index (χ0v) is 9.10. The molecule has 0 aromatic heterocycles. The first kappa shape index (κ1) is 9.06. The van der Waals surface area contributed by atoms with Gasteiger partial charge >= 0.3 is 0 Å². The second kappa shape index (κ2) is 3.70. The summed E-state index contributed by atoms with van der Waals surface area (Å²) < 4.78 is 0. The average molecular weight is 206 g/mol. The van der Waals surface area contributed by atoms with E-state index in [-0.39, 0.29) is 0 Å². The van der Waals surface area contributed by atoms with Gasteiger partial charge in [0.15, 0.2) is 0 Å². The van der Waals surface area contributed by atoms with Crippen molar-refractivity contribution in [3.8, 4) is 0 Å². The predicted molar refractivity (Wildman–Crippen MR) is 65.5 cm³/mol. The van der Waals surface area contributed by atoms with E-state index in [4.69, 9.17) is 11.6 Å². The molecule has 0 fully saturated rings. The molecule has 0 heterocycles. The molecule has 0 spiro atoms. The molecule has 3 heteroatoms. The van der Waals surface area contributed by atoms with Gasteiger partial charge in [-0.15, -0.1) is 8.46 Å². The third-order valence-electron chi connectivity index (χ3n) is 2.09. The van der Waals surface area contributed by atoms with Crippen LogP contribution in [0.5, 0.6) is 0 Å². The van der Waals surface area contributed by atoms with E-state index >= 15 is 0 Å². The number of rotatable bonds is 1. The van der Waals surface area contributed by atoms with E-state index in [1.165, 1.54) is 16.1 Å². The van der Waals surface area contributed by atoms with Crippen molar-refractivity contribution < 1.29 is 0 Å². The monoisotopic (exact) mass is 206 g/mol. The summed E-state index contributed by atoms with van der Waals surface area (Å²) >= 11 is 5.89. The minimum absolute atomic E-state index is 0.805. The van der Waals surface area contributed by atoms with Crippen LogP contribution in [-0.2, 0) is 0 Å². The molecule has 1 atom stereocenters. The molecular weight excluding hydrogens is 197 g/mol. The van der Waals surface area contributed by atoms with Gasteiger partial charge < -0.3 is 0 Å². The van der Waals surface area contributed by atoms with E-state index in [0.29, 0.717) is 0 Å². The molecule has 64 valence electrons. The Hall–Kier alpha value is -0.515. The summed E-state index contributed by atoms with van der Waals surface area (Å²) in [5, 5.41) is 4.69. The summed E-state index contributed by atoms with van der Waals surface area (Å²) in [7, 11) is 3.05. The molecule has 0 aliphatic carbocycles. The van der Waals surface area contributed by atoms with Gasteiger partial charge in [0.25, 0.3) is 0 Å². The minimum Gasteiger partial charge on any atom is -0.133 e. The summed E-state index contributed by atoms with van der Waals surface area (Å²) in [6.07, 6.45) is 0. The van der Waals surface area contributed by atoms with Gasteiger partial charge in [-0.05, 0) is 34.3 Å². The molecule has 1 unspecified atom stereocenters. The normalized spacial score (nSPS) is 11.5. The second-order valence-corrected chi connectivity index (χ2v) is 4.47. The van der Waals surface area contributed by atoms with Gasteiger partial charge in [0.1, 0.15) is 7.57 Å². The first-order valence-corrected chi connectivity index (χ1v) is 6.04. The molecule has 2 aromatic carbocycles. The third kappa shape index (κ3) is 1.87. The summed E-state index contributed by atoms with van der Waals surface area (Å²) in [5.41, 5.74) is 0. The van der Waals surface area contributed by atoms with Crippen molar-refractivity contribution in [1.29, 1.82) is 0 Å². The SMILES string of the molecule is BPc1ccc2cc(Cl)ccc2c1. The van der Waals surface area contributed by atoms with Crippen LogP contribution in [0.1, 0.15) is 0 Å². The summed E-state index contributed by atoms with van der Waals surface area (Å²) in [5.74, 6) is 0. The van der Waals surface area contributed by atoms with Crippen molar-refractivity contribution in [1.82, 2.24) is 0 Å². The van der Waals surface area contributed by atoms with Crippen LogP contribution < -0.4 is 5.30 Å². The fourth-order valence-corrected chi connectivity index (χ4v) is 2.10. The van der Waals surface area contributed by atoms with Crippen molar-refractivity contribution in [2.45, 2.75) is 0 Å². The van der Waals surface area contributed by atoms with Crippen LogP contribution in [0.15, 0.2) is 36.4 Å². The van der Waals surface area contributed by atoms with Crippen LogP contribution in [0.3, 0.4) is 0 Å². The molecular formula is C10H9BClP. The van der Waals surface area contributed by atoms with Crippen LogP contribution in [0, 0.1) is 0 Å². The minimum atomic E-state index is 0.805. The lowest BCUT2D eigenvalue weighted by Gasteiger charge is -2.01. The lowest BCUT2D eigenvalue weighted by Crippen LogP contribution is -1.91. The molecule has 0 aliphatic rings. The molecule has 2 rings (SSSR count). The van der Waals surface area contributed by atoms with Gasteiger partial charge in [0, 0.05) is 5.02 Å². The third-order valence-corrected chi connectivity index (χ3v) is 3.21. The van der Waals surface area contributed by atoms with Gasteiger partial charge in [-0.1, -0.05) is 29.8 Å². The fraction of sp³-hybridized carbons (Fsp3) is 0. The maximum atomic E-state index is 5.89. The van der Waals surface area contributed by atoms with Crippen LogP contribution in [-0.4, -0.2) is 7.57 Å². The quantitative estimate of drug-likeness (QED) is 0.496. The maximum Gasteiger partial charge on any atom is 0.136 e. The van der Waals surface area contributed by atoms with Crippen molar-refractivity contribution >= 4 is 43.7 Å². The molecule has 13 heavy (non-hydrogen) atoms. The highest BCUT2D eigenvalue weighted by atomic mass is 35.5. The van der Waals surface area contributed by atoms with Gasteiger partial charge in [-0.2, -0.15) is 0 Å². The molecule has 0 saturated heterocycles. The van der Waals surface area contributed by atoms with E-state index in [1.54, 1.807) is 0 Å². The van der Waals surface area contributed by atoms with E-state index in [1.807, 2.05) is 12.1 Å². The van der Waals surface area contributed by atoms with E-state index in [9.17, 15) is 0 Å². The van der Waals surface area contributed by atoms with E-state index in [2.05, 4.69) is 31.8 Å². The Morgan fingerprint density at radius 3 is 2.46 bits per heavy atom. The lowest BCUT2D eigenvalue weighted by molar-refractivity contribution is 1.78. The van der Waals surface area contributed by atoms with E-state index in [0.717, 1.165) is 13.5 Å². The number of benzene rings is 2. The zero-order valence-electron chi connectivity index (χ0n) is 7.34. The summed E-state index contributed by atoms with van der Waals surface area (Å²) in [6.45, 7) is 0. The Labute approximate surface area is 85.4 Å². The van der Waals surface area contributed by atoms with Gasteiger partial charge in [0.2, 0.25) is 0 Å². The molecule has 0 N–H and O–H groups in total. The molecule has 0 saturated carbocycles. The maximum absolute atomic E-state index is 5.89. The van der Waals surface area contributed by atoms with Crippen molar-refractivity contribution in [3.63, 3.8) is 0 Å². The van der Waals surface area contributed by atoms with Crippen LogP contribution >= 0.6 is 20.1 Å². The van der Waals surface area contributed by atoms with Crippen molar-refractivity contribution in [2.75, 3.05) is 0 Å². The number of halogens is 1. The first-order chi connectivity index (χ1) is 6.29. The highest BCUT2D eigenvalue weighted by Gasteiger charge is 1.95. The Balaban J connectivity index is 2.66. The standard InChI is InChI=1S/C10H9BClP/c11-13-10-4-2-7-5-9(12)3-1-8(7)6-10/h1-6,13H,11H2. The topological polar surface area (TPSA) is 0 Å². The van der Waals surface area contributed by atoms with E-state index < -0.39 is 0 Å². The zero-order chi connectivity index (χ0) is 9.26. The average Bonchev–Trinajstić information content (AvgIpc) is 2.17. The van der Waals surface area contributed by atoms with Gasteiger partial charge in [-0.3, -0.25) is 0 Å². The predicted octanol–water partition coefficient (Wildman–Crippen LogP) is 2.35. The van der Waals surface area contributed by atoms with Gasteiger partial charge in [-0.25, -0.2) is 0 Å². The lowest BCUT2D eigenvalue weighted by atomic mass is 10.1. The Kier molecular flexibility index (Phi) is 2.57. The first-order valence-electron chi connectivity index (χ1n) is 4.17. The molecule has 0 amide bonds. The highest BCUT2D eigenvalue weighted by Crippen LogP contribution is 2.19. The fourth-order valence-electron chi connectivity index (χ4n) is 1.37. The number of hydrogen-bond donors (Lipinski definition) is 0. The Bertz CT molecular complexity index is 442. The number of fused-ring (bicyclic) bond motifs is 1. The smallest absolute Gasteiger partial charge is 0.133 e. The molecule has 0 aliphatic heterocycles. The Morgan fingerprint density at radius 2 is 1.69 bits per heavy atom. The Morgan fingerprint density at radius 1 is 1.00 bits per heavy atom.